The van der Waals surface area contributed by atoms with Crippen LogP contribution in [0.2, 0.25) is 5.02 Å². The standard InChI is InChI=1S/C22H16ClN3O5S/c1-12-18(21(28)31-2)19(14-8-9-15(23)16(11-14)26(29)30)25-20(27)17(32-22(25)24-12)10-13-6-4-3-5-7-13/h3-11,19H,1-2H3. The van der Waals surface area contributed by atoms with E-state index in [0.29, 0.717) is 20.6 Å². The zero-order valence-corrected chi connectivity index (χ0v) is 18.5. The Morgan fingerprint density at radius 1 is 1.28 bits per heavy atom. The van der Waals surface area contributed by atoms with E-state index in [2.05, 4.69) is 4.99 Å². The van der Waals surface area contributed by atoms with Crippen LogP contribution in [0, 0.1) is 10.1 Å². The van der Waals surface area contributed by atoms with E-state index in [1.165, 1.54) is 35.1 Å². The lowest BCUT2D eigenvalue weighted by molar-refractivity contribution is -0.384. The van der Waals surface area contributed by atoms with E-state index in [0.717, 1.165) is 5.56 Å². The number of halogens is 1. The molecule has 0 aliphatic carbocycles. The molecule has 3 aromatic rings. The summed E-state index contributed by atoms with van der Waals surface area (Å²) in [6.45, 7) is 1.64. The molecule has 0 N–H and O–H groups in total. The van der Waals surface area contributed by atoms with Gasteiger partial charge in [0.2, 0.25) is 0 Å². The summed E-state index contributed by atoms with van der Waals surface area (Å²) in [6.07, 6.45) is 1.74. The minimum Gasteiger partial charge on any atom is -0.466 e. The summed E-state index contributed by atoms with van der Waals surface area (Å²) < 4.78 is 6.72. The summed E-state index contributed by atoms with van der Waals surface area (Å²) in [6, 6.07) is 12.6. The van der Waals surface area contributed by atoms with Gasteiger partial charge in [-0.15, -0.1) is 0 Å². The number of allylic oxidation sites excluding steroid dienone is 1. The van der Waals surface area contributed by atoms with Gasteiger partial charge in [0.15, 0.2) is 4.80 Å². The van der Waals surface area contributed by atoms with Crippen molar-refractivity contribution < 1.29 is 14.5 Å². The van der Waals surface area contributed by atoms with Crippen LogP contribution in [0.1, 0.15) is 24.1 Å². The number of methoxy groups -OCH3 is 1. The van der Waals surface area contributed by atoms with Crippen LogP contribution >= 0.6 is 22.9 Å². The van der Waals surface area contributed by atoms with E-state index in [1.54, 1.807) is 19.1 Å². The van der Waals surface area contributed by atoms with Gasteiger partial charge in [0, 0.05) is 6.07 Å². The quantitative estimate of drug-likeness (QED) is 0.332. The number of thiazole rings is 1. The molecule has 0 amide bonds. The minimum atomic E-state index is -0.951. The molecule has 2 heterocycles. The summed E-state index contributed by atoms with van der Waals surface area (Å²) in [7, 11) is 1.23. The van der Waals surface area contributed by atoms with Crippen LogP contribution in [0.4, 0.5) is 5.69 Å². The number of aromatic nitrogens is 1. The highest BCUT2D eigenvalue weighted by molar-refractivity contribution is 7.07. The van der Waals surface area contributed by atoms with E-state index in [4.69, 9.17) is 16.3 Å². The number of fused-ring (bicyclic) bond motifs is 1. The van der Waals surface area contributed by atoms with E-state index in [9.17, 15) is 19.7 Å². The zero-order valence-electron chi connectivity index (χ0n) is 16.9. The third-order valence-corrected chi connectivity index (χ3v) is 6.31. The molecule has 0 fully saturated rings. The Bertz CT molecular complexity index is 1460. The fraction of sp³-hybridized carbons (Fsp3) is 0.136. The van der Waals surface area contributed by atoms with Gasteiger partial charge < -0.3 is 4.74 Å². The number of nitro benzene ring substituents is 1. The Balaban J connectivity index is 2.01. The average molecular weight is 470 g/mol. The van der Waals surface area contributed by atoms with E-state index >= 15 is 0 Å². The summed E-state index contributed by atoms with van der Waals surface area (Å²) in [5.41, 5.74) is 0.988. The molecule has 4 rings (SSSR count). The van der Waals surface area contributed by atoms with E-state index < -0.39 is 16.9 Å². The van der Waals surface area contributed by atoms with Crippen molar-refractivity contribution in [2.24, 2.45) is 4.99 Å². The number of ether oxygens (including phenoxy) is 1. The largest absolute Gasteiger partial charge is 0.466 e. The van der Waals surface area contributed by atoms with Crippen LogP contribution in [-0.2, 0) is 9.53 Å². The molecule has 10 heteroatoms. The lowest BCUT2D eigenvalue weighted by atomic mass is 9.95. The molecule has 32 heavy (non-hydrogen) atoms. The molecular weight excluding hydrogens is 454 g/mol. The molecule has 2 aromatic carbocycles. The number of carbonyl (C=O) groups excluding carboxylic acids is 1. The van der Waals surface area contributed by atoms with Gasteiger partial charge in [-0.25, -0.2) is 9.79 Å². The second-order valence-electron chi connectivity index (χ2n) is 6.95. The highest BCUT2D eigenvalue weighted by Crippen LogP contribution is 2.34. The molecule has 1 aromatic heterocycles. The Kier molecular flexibility index (Phi) is 5.77. The molecule has 8 nitrogen and oxygen atoms in total. The van der Waals surface area contributed by atoms with Crippen LogP contribution in [0.5, 0.6) is 0 Å². The number of hydrogen-bond acceptors (Lipinski definition) is 7. The van der Waals surface area contributed by atoms with Gasteiger partial charge in [-0.05, 0) is 30.2 Å². The molecular formula is C22H16ClN3O5S. The fourth-order valence-corrected chi connectivity index (χ4v) is 4.78. The van der Waals surface area contributed by atoms with Crippen molar-refractivity contribution in [3.8, 4) is 0 Å². The number of rotatable bonds is 4. The van der Waals surface area contributed by atoms with Gasteiger partial charge in [-0.3, -0.25) is 19.5 Å². The molecule has 0 saturated carbocycles. The predicted molar refractivity (Wildman–Crippen MR) is 120 cm³/mol. The van der Waals surface area contributed by atoms with Gasteiger partial charge >= 0.3 is 5.97 Å². The maximum atomic E-state index is 13.4. The molecule has 1 atom stereocenters. The minimum absolute atomic E-state index is 0.0458. The maximum absolute atomic E-state index is 13.4. The lowest BCUT2D eigenvalue weighted by Gasteiger charge is -2.24. The number of benzene rings is 2. The highest BCUT2D eigenvalue weighted by Gasteiger charge is 2.34. The summed E-state index contributed by atoms with van der Waals surface area (Å²) in [4.78, 5) is 41.7. The smallest absolute Gasteiger partial charge is 0.338 e. The predicted octanol–water partition coefficient (Wildman–Crippen LogP) is 2.97. The van der Waals surface area contributed by atoms with Gasteiger partial charge in [0.25, 0.3) is 11.2 Å². The lowest BCUT2D eigenvalue weighted by Crippen LogP contribution is -2.39. The topological polar surface area (TPSA) is 104 Å². The third kappa shape index (κ3) is 3.76. The summed E-state index contributed by atoms with van der Waals surface area (Å²) >= 11 is 7.15. The average Bonchev–Trinajstić information content (AvgIpc) is 3.07. The summed E-state index contributed by atoms with van der Waals surface area (Å²) in [5.74, 6) is -0.675. The molecule has 1 aliphatic heterocycles. The van der Waals surface area contributed by atoms with Crippen molar-refractivity contribution in [1.29, 1.82) is 0 Å². The third-order valence-electron chi connectivity index (χ3n) is 5.01. The number of nitrogens with zero attached hydrogens (tertiary/aromatic N) is 3. The van der Waals surface area contributed by atoms with Crippen molar-refractivity contribution >= 4 is 40.7 Å². The summed E-state index contributed by atoms with van der Waals surface area (Å²) in [5, 5.41) is 11.4. The van der Waals surface area contributed by atoms with Crippen LogP contribution in [0.3, 0.4) is 0 Å². The fourth-order valence-electron chi connectivity index (χ4n) is 3.55. The second-order valence-corrected chi connectivity index (χ2v) is 8.37. The van der Waals surface area contributed by atoms with Crippen molar-refractivity contribution in [3.63, 3.8) is 0 Å². The first kappa shape index (κ1) is 21.7. The van der Waals surface area contributed by atoms with Crippen molar-refractivity contribution in [3.05, 3.63) is 106 Å². The molecule has 1 aliphatic rings. The maximum Gasteiger partial charge on any atom is 0.338 e. The molecule has 162 valence electrons. The first-order chi connectivity index (χ1) is 15.3. The number of nitro groups is 1. The van der Waals surface area contributed by atoms with E-state index in [-0.39, 0.29) is 21.8 Å². The van der Waals surface area contributed by atoms with Gasteiger partial charge in [0.05, 0.1) is 33.9 Å². The first-order valence-electron chi connectivity index (χ1n) is 9.41. The van der Waals surface area contributed by atoms with E-state index in [1.807, 2.05) is 30.3 Å². The molecule has 0 saturated heterocycles. The molecule has 1 unspecified atom stereocenters. The molecule has 0 radical (unpaired) electrons. The second kappa shape index (κ2) is 8.52. The van der Waals surface area contributed by atoms with Gasteiger partial charge in [0.1, 0.15) is 5.02 Å². The van der Waals surface area contributed by atoms with Crippen LogP contribution in [0.15, 0.2) is 69.6 Å². The Morgan fingerprint density at radius 2 is 2.00 bits per heavy atom. The van der Waals surface area contributed by atoms with Gasteiger partial charge in [-0.1, -0.05) is 59.3 Å². The Hall–Kier alpha value is -3.56. The van der Waals surface area contributed by atoms with Crippen LogP contribution in [0.25, 0.3) is 6.08 Å². The Morgan fingerprint density at radius 3 is 2.66 bits per heavy atom. The van der Waals surface area contributed by atoms with Crippen LogP contribution < -0.4 is 14.9 Å². The van der Waals surface area contributed by atoms with Crippen LogP contribution in [-0.4, -0.2) is 22.6 Å². The molecule has 0 spiro atoms. The van der Waals surface area contributed by atoms with Crippen molar-refractivity contribution in [2.45, 2.75) is 13.0 Å². The number of esters is 1. The van der Waals surface area contributed by atoms with Gasteiger partial charge in [-0.2, -0.15) is 0 Å². The molecule has 0 bridgehead atoms. The zero-order chi connectivity index (χ0) is 23.0. The normalized spacial score (nSPS) is 15.8. The number of hydrogen-bond donors (Lipinski definition) is 0. The first-order valence-corrected chi connectivity index (χ1v) is 10.6. The SMILES string of the molecule is COC(=O)C1=C(C)N=c2sc(=Cc3ccccc3)c(=O)n2C1c1ccc(Cl)c([N+](=O)[O-])c1. The van der Waals surface area contributed by atoms with Crippen molar-refractivity contribution in [1.82, 2.24) is 4.57 Å². The highest BCUT2D eigenvalue weighted by atomic mass is 35.5. The Labute approximate surface area is 190 Å². The monoisotopic (exact) mass is 469 g/mol. The van der Waals surface area contributed by atoms with Crippen molar-refractivity contribution in [2.75, 3.05) is 7.11 Å². The number of carbonyl (C=O) groups is 1.